The zero-order chi connectivity index (χ0) is 14.4. The van der Waals surface area contributed by atoms with E-state index in [4.69, 9.17) is 5.11 Å². The lowest BCUT2D eigenvalue weighted by atomic mass is 10.2. The highest BCUT2D eigenvalue weighted by atomic mass is 19.1. The van der Waals surface area contributed by atoms with E-state index in [9.17, 15) is 18.8 Å². The highest BCUT2D eigenvalue weighted by molar-refractivity contribution is 6.06. The Kier molecular flexibility index (Phi) is 4.76. The number of carboxylic acids is 1. The molecule has 1 aromatic rings. The second-order valence-corrected chi connectivity index (χ2v) is 3.53. The summed E-state index contributed by atoms with van der Waals surface area (Å²) in [5, 5.41) is 12.4. The fourth-order valence-corrected chi connectivity index (χ4v) is 1.20. The van der Waals surface area contributed by atoms with Gasteiger partial charge in [-0.2, -0.15) is 0 Å². The molecule has 0 aliphatic carbocycles. The smallest absolute Gasteiger partial charge is 0.328 e. The van der Waals surface area contributed by atoms with Gasteiger partial charge in [-0.05, 0) is 19.1 Å². The van der Waals surface area contributed by atoms with Gasteiger partial charge in [-0.25, -0.2) is 14.0 Å². The summed E-state index contributed by atoms with van der Waals surface area (Å²) in [6.45, 7) is 1.47. The average Bonchev–Trinajstić information content (AvgIpc) is 2.32. The topological polar surface area (TPSA) is 95.5 Å². The summed E-state index contributed by atoms with van der Waals surface area (Å²) in [5.41, 5.74) is 0.443. The molecule has 0 saturated carbocycles. The van der Waals surface area contributed by atoms with Crippen LogP contribution in [0.3, 0.4) is 0 Å². The molecular formula is C12H11FN2O4. The molecule has 0 aromatic heterocycles. The number of urea groups is 1. The van der Waals surface area contributed by atoms with Crippen LogP contribution in [0.5, 0.6) is 0 Å². The predicted molar refractivity (Wildman–Crippen MR) is 65.1 cm³/mol. The number of rotatable bonds is 3. The standard InChI is InChI=1S/C12H11FN2O4/c1-7-8(13)3-2-4-9(7)14-12(19)15-10(16)5-6-11(17)18/h2-6H,1H3,(H,17,18)(H2,14,15,16,19). The van der Waals surface area contributed by atoms with Crippen molar-refractivity contribution >= 4 is 23.6 Å². The van der Waals surface area contributed by atoms with Gasteiger partial charge in [-0.1, -0.05) is 6.07 Å². The van der Waals surface area contributed by atoms with Gasteiger partial charge < -0.3 is 10.4 Å². The average molecular weight is 266 g/mol. The number of hydrogen-bond donors (Lipinski definition) is 3. The molecule has 1 aromatic carbocycles. The minimum absolute atomic E-state index is 0.215. The summed E-state index contributed by atoms with van der Waals surface area (Å²) >= 11 is 0. The first kappa shape index (κ1) is 14.4. The Bertz CT molecular complexity index is 555. The summed E-state index contributed by atoms with van der Waals surface area (Å²) < 4.78 is 13.2. The highest BCUT2D eigenvalue weighted by Crippen LogP contribution is 2.16. The number of benzene rings is 1. The first-order chi connectivity index (χ1) is 8.90. The minimum Gasteiger partial charge on any atom is -0.478 e. The van der Waals surface area contributed by atoms with Crippen LogP contribution in [-0.4, -0.2) is 23.0 Å². The van der Waals surface area contributed by atoms with Crippen molar-refractivity contribution in [1.82, 2.24) is 5.32 Å². The van der Waals surface area contributed by atoms with Crippen molar-refractivity contribution < 1.29 is 23.9 Å². The summed E-state index contributed by atoms with van der Waals surface area (Å²) in [5.74, 6) is -2.69. The molecule has 3 amide bonds. The fraction of sp³-hybridized carbons (Fsp3) is 0.0833. The van der Waals surface area contributed by atoms with Crippen LogP contribution in [0.15, 0.2) is 30.4 Å². The summed E-state index contributed by atoms with van der Waals surface area (Å²) in [6.07, 6.45) is 1.29. The Morgan fingerprint density at radius 1 is 1.26 bits per heavy atom. The second-order valence-electron chi connectivity index (χ2n) is 3.53. The normalized spacial score (nSPS) is 10.2. The van der Waals surface area contributed by atoms with Crippen LogP contribution in [0.25, 0.3) is 0 Å². The molecule has 6 nitrogen and oxygen atoms in total. The molecule has 0 spiro atoms. The van der Waals surface area contributed by atoms with E-state index in [0.717, 1.165) is 0 Å². The molecule has 0 saturated heterocycles. The molecule has 1 rings (SSSR count). The van der Waals surface area contributed by atoms with Gasteiger partial charge >= 0.3 is 12.0 Å². The van der Waals surface area contributed by atoms with Gasteiger partial charge in [0.2, 0.25) is 0 Å². The predicted octanol–water partition coefficient (Wildman–Crippen LogP) is 1.42. The Morgan fingerprint density at radius 3 is 2.58 bits per heavy atom. The van der Waals surface area contributed by atoms with Crippen LogP contribution in [0.1, 0.15) is 5.56 Å². The van der Waals surface area contributed by atoms with Crippen molar-refractivity contribution in [1.29, 1.82) is 0 Å². The van der Waals surface area contributed by atoms with E-state index in [1.807, 2.05) is 5.32 Å². The maximum Gasteiger partial charge on any atom is 0.328 e. The first-order valence-corrected chi connectivity index (χ1v) is 5.18. The van der Waals surface area contributed by atoms with Crippen LogP contribution < -0.4 is 10.6 Å². The monoisotopic (exact) mass is 266 g/mol. The maximum absolute atomic E-state index is 13.2. The Morgan fingerprint density at radius 2 is 1.95 bits per heavy atom. The number of aliphatic carboxylic acids is 1. The van der Waals surface area contributed by atoms with Gasteiger partial charge in [-0.3, -0.25) is 10.1 Å². The first-order valence-electron chi connectivity index (χ1n) is 5.18. The van der Waals surface area contributed by atoms with E-state index in [1.54, 1.807) is 0 Å². The third-order valence-electron chi connectivity index (χ3n) is 2.13. The lowest BCUT2D eigenvalue weighted by molar-refractivity contribution is -0.131. The van der Waals surface area contributed by atoms with Crippen LogP contribution in [0.2, 0.25) is 0 Å². The van der Waals surface area contributed by atoms with Gasteiger partial charge in [0.1, 0.15) is 5.82 Å². The van der Waals surface area contributed by atoms with E-state index in [-0.39, 0.29) is 11.3 Å². The zero-order valence-corrected chi connectivity index (χ0v) is 9.94. The lowest BCUT2D eigenvalue weighted by Gasteiger charge is -2.08. The van der Waals surface area contributed by atoms with Gasteiger partial charge in [0, 0.05) is 23.4 Å². The van der Waals surface area contributed by atoms with E-state index < -0.39 is 23.7 Å². The summed E-state index contributed by atoms with van der Waals surface area (Å²) in [4.78, 5) is 32.6. The molecule has 0 bridgehead atoms. The lowest BCUT2D eigenvalue weighted by Crippen LogP contribution is -2.33. The maximum atomic E-state index is 13.2. The van der Waals surface area contributed by atoms with E-state index in [1.165, 1.54) is 25.1 Å². The molecule has 0 unspecified atom stereocenters. The highest BCUT2D eigenvalue weighted by Gasteiger charge is 2.09. The van der Waals surface area contributed by atoms with E-state index in [0.29, 0.717) is 12.2 Å². The van der Waals surface area contributed by atoms with Gasteiger partial charge in [0.05, 0.1) is 0 Å². The Balaban J connectivity index is 2.63. The van der Waals surface area contributed by atoms with Crippen LogP contribution >= 0.6 is 0 Å². The van der Waals surface area contributed by atoms with Crippen molar-refractivity contribution in [2.75, 3.05) is 5.32 Å². The van der Waals surface area contributed by atoms with E-state index in [2.05, 4.69) is 5.32 Å². The van der Waals surface area contributed by atoms with Gasteiger partial charge in [0.15, 0.2) is 0 Å². The summed E-state index contributed by atoms with van der Waals surface area (Å²) in [7, 11) is 0. The molecule has 19 heavy (non-hydrogen) atoms. The van der Waals surface area contributed by atoms with Crippen LogP contribution in [0, 0.1) is 12.7 Å². The van der Waals surface area contributed by atoms with Crippen molar-refractivity contribution in [3.05, 3.63) is 41.7 Å². The number of halogens is 1. The largest absolute Gasteiger partial charge is 0.478 e. The molecular weight excluding hydrogens is 255 g/mol. The third-order valence-corrected chi connectivity index (χ3v) is 2.13. The number of imide groups is 1. The molecule has 0 fully saturated rings. The number of carbonyl (C=O) groups is 3. The number of nitrogens with one attached hydrogen (secondary N) is 2. The molecule has 0 radical (unpaired) electrons. The quantitative estimate of drug-likeness (QED) is 0.721. The Labute approximate surface area is 107 Å². The van der Waals surface area contributed by atoms with Crippen molar-refractivity contribution in [2.45, 2.75) is 6.92 Å². The number of amides is 3. The number of anilines is 1. The number of carboxylic acid groups (broad SMARTS) is 1. The fourth-order valence-electron chi connectivity index (χ4n) is 1.20. The molecule has 0 atom stereocenters. The number of hydrogen-bond acceptors (Lipinski definition) is 3. The van der Waals surface area contributed by atoms with Crippen molar-refractivity contribution in [3.8, 4) is 0 Å². The molecule has 7 heteroatoms. The third kappa shape index (κ3) is 4.58. The number of carbonyl (C=O) groups excluding carboxylic acids is 2. The molecule has 0 aliphatic heterocycles. The SMILES string of the molecule is Cc1c(F)cccc1NC(=O)NC(=O)C=CC(=O)O. The molecule has 0 aliphatic rings. The minimum atomic E-state index is -1.31. The Hall–Kier alpha value is -2.70. The zero-order valence-electron chi connectivity index (χ0n) is 9.94. The van der Waals surface area contributed by atoms with Crippen LogP contribution in [0.4, 0.5) is 14.9 Å². The van der Waals surface area contributed by atoms with E-state index >= 15 is 0 Å². The molecule has 0 heterocycles. The van der Waals surface area contributed by atoms with Crippen LogP contribution in [-0.2, 0) is 9.59 Å². The second kappa shape index (κ2) is 6.29. The van der Waals surface area contributed by atoms with Gasteiger partial charge in [0.25, 0.3) is 5.91 Å². The summed E-state index contributed by atoms with van der Waals surface area (Å²) in [6, 6.07) is 3.23. The van der Waals surface area contributed by atoms with Crippen molar-refractivity contribution in [3.63, 3.8) is 0 Å². The van der Waals surface area contributed by atoms with Gasteiger partial charge in [-0.15, -0.1) is 0 Å². The molecule has 100 valence electrons. The molecule has 3 N–H and O–H groups in total. The van der Waals surface area contributed by atoms with Crippen molar-refractivity contribution in [2.24, 2.45) is 0 Å².